The van der Waals surface area contributed by atoms with Crippen LogP contribution in [0.2, 0.25) is 0 Å². The van der Waals surface area contributed by atoms with Gasteiger partial charge >= 0.3 is 6.03 Å². The quantitative estimate of drug-likeness (QED) is 0.402. The number of carbonyl (C=O) groups is 2. The average molecular weight is 514 g/mol. The van der Waals surface area contributed by atoms with Crippen molar-refractivity contribution >= 4 is 22.0 Å². The van der Waals surface area contributed by atoms with E-state index in [1.807, 2.05) is 44.2 Å². The molecule has 0 radical (unpaired) electrons. The van der Waals surface area contributed by atoms with Gasteiger partial charge in [0.1, 0.15) is 11.9 Å². The maximum absolute atomic E-state index is 13.4. The van der Waals surface area contributed by atoms with Gasteiger partial charge in [-0.25, -0.2) is 17.9 Å². The molecular weight excluding hydrogens is 482 g/mol. The number of amides is 2. The fourth-order valence-corrected chi connectivity index (χ4v) is 4.62. The molecule has 0 saturated carbocycles. The van der Waals surface area contributed by atoms with E-state index in [4.69, 9.17) is 4.74 Å². The summed E-state index contributed by atoms with van der Waals surface area (Å²) in [5.41, 5.74) is 0.847. The predicted molar refractivity (Wildman–Crippen MR) is 135 cm³/mol. The van der Waals surface area contributed by atoms with Gasteiger partial charge in [-0.15, -0.1) is 0 Å². The number of hydrogen-bond acceptors (Lipinski definition) is 6. The van der Waals surface area contributed by atoms with E-state index < -0.39 is 28.1 Å². The molecule has 0 aliphatic heterocycles. The normalized spacial score (nSPS) is 12.2. The molecule has 3 rings (SSSR count). The van der Waals surface area contributed by atoms with Gasteiger partial charge in [0.15, 0.2) is 0 Å². The van der Waals surface area contributed by atoms with E-state index in [0.29, 0.717) is 0 Å². The highest BCUT2D eigenvalue weighted by molar-refractivity contribution is 7.89. The molecule has 3 aromatic rings. The lowest BCUT2D eigenvalue weighted by atomic mass is 10.1. The molecule has 192 valence electrons. The van der Waals surface area contributed by atoms with E-state index in [1.54, 1.807) is 20.0 Å². The second-order valence-electron chi connectivity index (χ2n) is 8.41. The molecule has 11 heteroatoms. The largest absolute Gasteiger partial charge is 0.493 e. The third-order valence-corrected chi connectivity index (χ3v) is 6.84. The lowest BCUT2D eigenvalue weighted by Crippen LogP contribution is -2.53. The molecule has 0 spiro atoms. The number of hydrogen-bond donors (Lipinski definition) is 2. The van der Waals surface area contributed by atoms with Crippen molar-refractivity contribution in [3.05, 3.63) is 78.1 Å². The summed E-state index contributed by atoms with van der Waals surface area (Å²) in [6, 6.07) is 14.4. The van der Waals surface area contributed by atoms with Gasteiger partial charge in [0.2, 0.25) is 10.0 Å². The van der Waals surface area contributed by atoms with E-state index in [1.165, 1.54) is 40.2 Å². The van der Waals surface area contributed by atoms with Crippen molar-refractivity contribution in [2.45, 2.75) is 38.4 Å². The summed E-state index contributed by atoms with van der Waals surface area (Å²) in [6.07, 6.45) is 2.31. The molecule has 36 heavy (non-hydrogen) atoms. The molecule has 0 aliphatic rings. The Balaban J connectivity index is 1.86. The maximum atomic E-state index is 13.4. The fraction of sp³-hybridized carbons (Fsp3) is 0.320. The van der Waals surface area contributed by atoms with Crippen LogP contribution in [0.1, 0.15) is 36.7 Å². The Kier molecular flexibility index (Phi) is 8.83. The molecule has 0 aliphatic carbocycles. The highest BCUT2D eigenvalue weighted by atomic mass is 32.2. The van der Waals surface area contributed by atoms with E-state index in [0.717, 1.165) is 5.56 Å². The third-order valence-electron chi connectivity index (χ3n) is 5.44. The topological polar surface area (TPSA) is 123 Å². The Bertz CT molecular complexity index is 1280. The second kappa shape index (κ2) is 11.8. The Hall–Kier alpha value is -3.70. The van der Waals surface area contributed by atoms with Crippen molar-refractivity contribution in [2.75, 3.05) is 13.7 Å². The first-order valence-electron chi connectivity index (χ1n) is 11.5. The van der Waals surface area contributed by atoms with E-state index >= 15 is 0 Å². The van der Waals surface area contributed by atoms with Crippen LogP contribution in [0.15, 0.2) is 71.9 Å². The highest BCUT2D eigenvalue weighted by Gasteiger charge is 2.28. The number of carbonyl (C=O) groups excluding carboxylic acids is 2. The van der Waals surface area contributed by atoms with Gasteiger partial charge in [0, 0.05) is 26.0 Å². The standard InChI is InChI=1S/C25H31N5O5S/c1-5-35-22-13-12-20(36(33,34)27-17-19-10-7-6-8-11-19)16-21(22)24(31)28-23(18(2)3)29(4)25(32)30-15-9-14-26-30/h6-16,18,23,27H,5,17H2,1-4H3,(H,28,31). The summed E-state index contributed by atoms with van der Waals surface area (Å²) >= 11 is 0. The van der Waals surface area contributed by atoms with Crippen LogP contribution in [-0.2, 0) is 16.6 Å². The smallest absolute Gasteiger partial charge is 0.346 e. The van der Waals surface area contributed by atoms with Crippen LogP contribution in [-0.4, -0.2) is 54.9 Å². The summed E-state index contributed by atoms with van der Waals surface area (Å²) in [7, 11) is -2.35. The Morgan fingerprint density at radius 1 is 1.11 bits per heavy atom. The van der Waals surface area contributed by atoms with Crippen LogP contribution >= 0.6 is 0 Å². The molecule has 1 atom stereocenters. The molecule has 2 N–H and O–H groups in total. The number of aromatic nitrogens is 2. The van der Waals surface area contributed by atoms with E-state index in [-0.39, 0.29) is 35.3 Å². The maximum Gasteiger partial charge on any atom is 0.346 e. The molecule has 0 saturated heterocycles. The Morgan fingerprint density at radius 3 is 2.44 bits per heavy atom. The summed E-state index contributed by atoms with van der Waals surface area (Å²) in [5.74, 6) is -0.494. The zero-order valence-corrected chi connectivity index (χ0v) is 21.5. The van der Waals surface area contributed by atoms with Gasteiger partial charge in [0.05, 0.1) is 17.1 Å². The molecule has 1 heterocycles. The number of nitrogens with one attached hydrogen (secondary N) is 2. The molecule has 2 amide bonds. The van der Waals surface area contributed by atoms with Crippen molar-refractivity contribution in [1.29, 1.82) is 0 Å². The molecule has 2 aromatic carbocycles. The van der Waals surface area contributed by atoms with Gasteiger partial charge in [-0.2, -0.15) is 9.78 Å². The number of nitrogens with zero attached hydrogens (tertiary/aromatic N) is 3. The molecule has 10 nitrogen and oxygen atoms in total. The Labute approximate surface area is 211 Å². The molecule has 1 unspecified atom stereocenters. The van der Waals surface area contributed by atoms with Crippen LogP contribution in [0.25, 0.3) is 0 Å². The first kappa shape index (κ1) is 26.9. The van der Waals surface area contributed by atoms with Crippen molar-refractivity contribution in [1.82, 2.24) is 24.7 Å². The summed E-state index contributed by atoms with van der Waals surface area (Å²) in [5, 5.41) is 6.79. The van der Waals surface area contributed by atoms with Crippen LogP contribution in [0.5, 0.6) is 5.75 Å². The first-order chi connectivity index (χ1) is 17.1. The van der Waals surface area contributed by atoms with Crippen molar-refractivity contribution < 1.29 is 22.7 Å². The SMILES string of the molecule is CCOc1ccc(S(=O)(=O)NCc2ccccc2)cc1C(=O)NC(C(C)C)N(C)C(=O)n1cccn1. The lowest BCUT2D eigenvalue weighted by molar-refractivity contribution is 0.0851. The first-order valence-corrected chi connectivity index (χ1v) is 13.0. The van der Waals surface area contributed by atoms with Gasteiger partial charge in [-0.3, -0.25) is 4.79 Å². The van der Waals surface area contributed by atoms with E-state index in [9.17, 15) is 18.0 Å². The number of ether oxygens (including phenoxy) is 1. The molecule has 1 aromatic heterocycles. The summed E-state index contributed by atoms with van der Waals surface area (Å²) in [6.45, 7) is 5.87. The van der Waals surface area contributed by atoms with Crippen LogP contribution in [0, 0.1) is 5.92 Å². The van der Waals surface area contributed by atoms with Crippen LogP contribution < -0.4 is 14.8 Å². The molecule has 0 bridgehead atoms. The molecular formula is C25H31N5O5S. The van der Waals surface area contributed by atoms with Crippen molar-refractivity contribution in [3.63, 3.8) is 0 Å². The zero-order chi connectivity index (χ0) is 26.3. The summed E-state index contributed by atoms with van der Waals surface area (Å²) in [4.78, 5) is 27.4. The number of benzene rings is 2. The van der Waals surface area contributed by atoms with Crippen molar-refractivity contribution in [3.8, 4) is 5.75 Å². The van der Waals surface area contributed by atoms with Gasteiger partial charge in [-0.1, -0.05) is 44.2 Å². The minimum atomic E-state index is -3.91. The average Bonchev–Trinajstić information content (AvgIpc) is 3.41. The minimum Gasteiger partial charge on any atom is -0.493 e. The second-order valence-corrected chi connectivity index (χ2v) is 10.2. The van der Waals surface area contributed by atoms with Gasteiger partial charge in [0.25, 0.3) is 5.91 Å². The lowest BCUT2D eigenvalue weighted by Gasteiger charge is -2.31. The van der Waals surface area contributed by atoms with Crippen LogP contribution in [0.4, 0.5) is 4.79 Å². The fourth-order valence-electron chi connectivity index (χ4n) is 3.58. The van der Waals surface area contributed by atoms with E-state index in [2.05, 4.69) is 15.1 Å². The number of sulfonamides is 1. The minimum absolute atomic E-state index is 0.0463. The van der Waals surface area contributed by atoms with Gasteiger partial charge < -0.3 is 15.0 Å². The molecule has 0 fully saturated rings. The Morgan fingerprint density at radius 2 is 1.83 bits per heavy atom. The van der Waals surface area contributed by atoms with Gasteiger partial charge in [-0.05, 0) is 42.7 Å². The monoisotopic (exact) mass is 513 g/mol. The zero-order valence-electron chi connectivity index (χ0n) is 20.7. The van der Waals surface area contributed by atoms with Crippen LogP contribution in [0.3, 0.4) is 0 Å². The number of rotatable bonds is 10. The third kappa shape index (κ3) is 6.49. The predicted octanol–water partition coefficient (Wildman–Crippen LogP) is 3.07. The van der Waals surface area contributed by atoms with Crippen molar-refractivity contribution in [2.24, 2.45) is 5.92 Å². The summed E-state index contributed by atoms with van der Waals surface area (Å²) < 4.78 is 35.2. The highest BCUT2D eigenvalue weighted by Crippen LogP contribution is 2.24.